The van der Waals surface area contributed by atoms with Gasteiger partial charge in [0.25, 0.3) is 0 Å². The second-order valence-electron chi connectivity index (χ2n) is 7.13. The predicted octanol–water partition coefficient (Wildman–Crippen LogP) is 5.03. The van der Waals surface area contributed by atoms with Gasteiger partial charge >= 0.3 is 6.03 Å². The number of hydrogen-bond acceptors (Lipinski definition) is 3. The third kappa shape index (κ3) is 5.41. The first kappa shape index (κ1) is 18.6. The number of anilines is 1. The average Bonchev–Trinajstić information content (AvgIpc) is 3.16. The van der Waals surface area contributed by atoms with Crippen LogP contribution in [0.1, 0.15) is 57.8 Å². The molecule has 0 aromatic heterocycles. The van der Waals surface area contributed by atoms with Crippen LogP contribution in [0.25, 0.3) is 0 Å². The number of urea groups is 1. The van der Waals surface area contributed by atoms with E-state index in [4.69, 9.17) is 9.47 Å². The van der Waals surface area contributed by atoms with Gasteiger partial charge in [0.15, 0.2) is 11.5 Å². The summed E-state index contributed by atoms with van der Waals surface area (Å²) >= 11 is 0. The molecule has 0 heterocycles. The molecular weight excluding hydrogens is 328 g/mol. The normalized spacial score (nSPS) is 17.5. The SMILES string of the molecule is COc1ccc(NC(=O)NCCC2=CCCCC2)cc1OC1CCCC1. The van der Waals surface area contributed by atoms with Crippen molar-refractivity contribution in [3.8, 4) is 11.5 Å². The molecule has 0 aliphatic heterocycles. The Kier molecular flexibility index (Phi) is 6.81. The molecule has 3 rings (SSSR count). The van der Waals surface area contributed by atoms with Crippen molar-refractivity contribution in [2.24, 2.45) is 0 Å². The molecule has 2 aliphatic carbocycles. The van der Waals surface area contributed by atoms with Gasteiger partial charge in [0, 0.05) is 18.3 Å². The van der Waals surface area contributed by atoms with Crippen molar-refractivity contribution in [3.05, 3.63) is 29.8 Å². The molecule has 5 heteroatoms. The Morgan fingerprint density at radius 1 is 1.15 bits per heavy atom. The number of ether oxygens (including phenoxy) is 2. The van der Waals surface area contributed by atoms with Crippen molar-refractivity contribution >= 4 is 11.7 Å². The van der Waals surface area contributed by atoms with Crippen molar-refractivity contribution in [1.82, 2.24) is 5.32 Å². The number of carbonyl (C=O) groups excluding carboxylic acids is 1. The summed E-state index contributed by atoms with van der Waals surface area (Å²) in [6.07, 6.45) is 13.0. The first-order valence-electron chi connectivity index (χ1n) is 9.82. The number of allylic oxidation sites excluding steroid dienone is 1. The van der Waals surface area contributed by atoms with Gasteiger partial charge in [-0.3, -0.25) is 0 Å². The Bertz CT molecular complexity index is 636. The molecule has 1 saturated carbocycles. The van der Waals surface area contributed by atoms with Gasteiger partial charge in [0.1, 0.15) is 0 Å². The summed E-state index contributed by atoms with van der Waals surface area (Å²) in [7, 11) is 1.64. The van der Waals surface area contributed by atoms with Gasteiger partial charge in [-0.2, -0.15) is 0 Å². The van der Waals surface area contributed by atoms with E-state index in [0.717, 1.165) is 19.3 Å². The highest BCUT2D eigenvalue weighted by Crippen LogP contribution is 2.33. The Morgan fingerprint density at radius 2 is 2.00 bits per heavy atom. The van der Waals surface area contributed by atoms with Crippen LogP contribution < -0.4 is 20.1 Å². The molecule has 0 spiro atoms. The maximum atomic E-state index is 12.2. The Hall–Kier alpha value is -2.17. The van der Waals surface area contributed by atoms with Gasteiger partial charge < -0.3 is 20.1 Å². The molecule has 2 N–H and O–H groups in total. The molecule has 0 atom stereocenters. The third-order valence-corrected chi connectivity index (χ3v) is 5.13. The van der Waals surface area contributed by atoms with E-state index in [0.29, 0.717) is 23.7 Å². The fourth-order valence-corrected chi connectivity index (χ4v) is 3.68. The minimum atomic E-state index is -0.182. The van der Waals surface area contributed by atoms with E-state index in [1.54, 1.807) is 7.11 Å². The van der Waals surface area contributed by atoms with Crippen molar-refractivity contribution in [2.45, 2.75) is 63.9 Å². The Morgan fingerprint density at radius 3 is 2.73 bits per heavy atom. The van der Waals surface area contributed by atoms with Gasteiger partial charge in [-0.15, -0.1) is 0 Å². The molecule has 1 aromatic carbocycles. The second-order valence-corrected chi connectivity index (χ2v) is 7.13. The van der Waals surface area contributed by atoms with Crippen molar-refractivity contribution in [1.29, 1.82) is 0 Å². The fraction of sp³-hybridized carbons (Fsp3) is 0.571. The fourth-order valence-electron chi connectivity index (χ4n) is 3.68. The van der Waals surface area contributed by atoms with Crippen LogP contribution in [0.2, 0.25) is 0 Å². The minimum Gasteiger partial charge on any atom is -0.493 e. The largest absolute Gasteiger partial charge is 0.493 e. The van der Waals surface area contributed by atoms with Crippen LogP contribution in [0.3, 0.4) is 0 Å². The maximum absolute atomic E-state index is 12.2. The molecule has 0 unspecified atom stereocenters. The number of hydrogen-bond donors (Lipinski definition) is 2. The summed E-state index contributed by atoms with van der Waals surface area (Å²) in [6, 6.07) is 5.34. The number of amides is 2. The van der Waals surface area contributed by atoms with E-state index < -0.39 is 0 Å². The molecule has 5 nitrogen and oxygen atoms in total. The summed E-state index contributed by atoms with van der Waals surface area (Å²) in [6.45, 7) is 0.666. The number of carbonyl (C=O) groups is 1. The van der Waals surface area contributed by atoms with E-state index in [2.05, 4.69) is 16.7 Å². The topological polar surface area (TPSA) is 59.6 Å². The molecule has 142 valence electrons. The average molecular weight is 358 g/mol. The van der Waals surface area contributed by atoms with Crippen molar-refractivity contribution < 1.29 is 14.3 Å². The van der Waals surface area contributed by atoms with Crippen LogP contribution in [-0.4, -0.2) is 25.8 Å². The van der Waals surface area contributed by atoms with Gasteiger partial charge in [0.05, 0.1) is 13.2 Å². The molecule has 1 aromatic rings. The lowest BCUT2D eigenvalue weighted by atomic mass is 9.97. The van der Waals surface area contributed by atoms with E-state index in [-0.39, 0.29) is 12.1 Å². The van der Waals surface area contributed by atoms with Crippen molar-refractivity contribution in [3.63, 3.8) is 0 Å². The highest BCUT2D eigenvalue weighted by molar-refractivity contribution is 5.89. The molecule has 2 amide bonds. The number of rotatable bonds is 7. The zero-order chi connectivity index (χ0) is 18.2. The lowest BCUT2D eigenvalue weighted by molar-refractivity contribution is 0.201. The summed E-state index contributed by atoms with van der Waals surface area (Å²) in [5.74, 6) is 1.40. The highest BCUT2D eigenvalue weighted by Gasteiger charge is 2.19. The molecule has 26 heavy (non-hydrogen) atoms. The van der Waals surface area contributed by atoms with Gasteiger partial charge in [-0.05, 0) is 69.9 Å². The summed E-state index contributed by atoms with van der Waals surface area (Å²) < 4.78 is 11.5. The standard InChI is InChI=1S/C21H30N2O3/c1-25-19-12-11-17(15-20(19)26-18-9-5-6-10-18)23-21(24)22-14-13-16-7-3-2-4-8-16/h7,11-12,15,18H,2-6,8-10,13-14H2,1H3,(H2,22,23,24). The summed E-state index contributed by atoms with van der Waals surface area (Å²) in [5.41, 5.74) is 2.18. The van der Waals surface area contributed by atoms with Crippen LogP contribution in [0.5, 0.6) is 11.5 Å². The Balaban J connectivity index is 1.51. The zero-order valence-electron chi connectivity index (χ0n) is 15.7. The molecular formula is C21H30N2O3. The first-order valence-corrected chi connectivity index (χ1v) is 9.82. The minimum absolute atomic E-state index is 0.182. The summed E-state index contributed by atoms with van der Waals surface area (Å²) in [4.78, 5) is 12.2. The van der Waals surface area contributed by atoms with Crippen LogP contribution in [0.15, 0.2) is 29.8 Å². The van der Waals surface area contributed by atoms with Gasteiger partial charge in [-0.1, -0.05) is 11.6 Å². The summed E-state index contributed by atoms with van der Waals surface area (Å²) in [5, 5.41) is 5.83. The number of nitrogens with one attached hydrogen (secondary N) is 2. The van der Waals surface area contributed by atoms with Crippen molar-refractivity contribution in [2.75, 3.05) is 19.0 Å². The van der Waals surface area contributed by atoms with Crippen LogP contribution >= 0.6 is 0 Å². The first-order chi connectivity index (χ1) is 12.7. The van der Waals surface area contributed by atoms with Gasteiger partial charge in [0.2, 0.25) is 0 Å². The third-order valence-electron chi connectivity index (χ3n) is 5.13. The van der Waals surface area contributed by atoms with E-state index in [1.807, 2.05) is 18.2 Å². The smallest absolute Gasteiger partial charge is 0.319 e. The quantitative estimate of drug-likeness (QED) is 0.672. The van der Waals surface area contributed by atoms with Crippen LogP contribution in [0.4, 0.5) is 10.5 Å². The monoisotopic (exact) mass is 358 g/mol. The lowest BCUT2D eigenvalue weighted by Crippen LogP contribution is -2.29. The van der Waals surface area contributed by atoms with E-state index in [9.17, 15) is 4.79 Å². The number of benzene rings is 1. The van der Waals surface area contributed by atoms with Crippen LogP contribution in [-0.2, 0) is 0 Å². The lowest BCUT2D eigenvalue weighted by Gasteiger charge is -2.17. The van der Waals surface area contributed by atoms with E-state index in [1.165, 1.54) is 44.1 Å². The highest BCUT2D eigenvalue weighted by atomic mass is 16.5. The zero-order valence-corrected chi connectivity index (χ0v) is 15.7. The molecule has 1 fully saturated rings. The van der Waals surface area contributed by atoms with Gasteiger partial charge in [-0.25, -0.2) is 4.79 Å². The molecule has 0 radical (unpaired) electrons. The van der Waals surface area contributed by atoms with Crippen LogP contribution in [0, 0.1) is 0 Å². The maximum Gasteiger partial charge on any atom is 0.319 e. The molecule has 0 bridgehead atoms. The second kappa shape index (κ2) is 9.51. The molecule has 0 saturated heterocycles. The molecule has 2 aliphatic rings. The Labute approximate surface area is 156 Å². The number of methoxy groups -OCH3 is 1. The predicted molar refractivity (Wildman–Crippen MR) is 104 cm³/mol. The van der Waals surface area contributed by atoms with E-state index >= 15 is 0 Å².